The second-order valence-corrected chi connectivity index (χ2v) is 38.1. The summed E-state index contributed by atoms with van der Waals surface area (Å²) in [7, 11) is -11.7. The van der Waals surface area contributed by atoms with E-state index in [0.29, 0.717) is 12.8 Å². The van der Waals surface area contributed by atoms with E-state index in [1.165, 1.54) is 35.8 Å². The predicted molar refractivity (Wildman–Crippen MR) is 436 cm³/mol. The molecule has 0 aromatic heterocycles. The maximum Gasteiger partial charge on any atom is 0.344 e. The molecule has 20 heteroatoms. The third kappa shape index (κ3) is 18.4. The highest BCUT2D eigenvalue weighted by molar-refractivity contribution is 7.97. The third-order valence-electron chi connectivity index (χ3n) is 23.3. The largest absolute Gasteiger partial charge is 0.743 e. The van der Waals surface area contributed by atoms with Crippen LogP contribution in [0.5, 0.6) is 11.5 Å². The van der Waals surface area contributed by atoms with Crippen LogP contribution >= 0.6 is 0 Å². The molecule has 0 N–H and O–H groups in total. The van der Waals surface area contributed by atoms with Gasteiger partial charge in [-0.25, -0.2) is 26.4 Å². The highest BCUT2D eigenvalue weighted by Crippen LogP contribution is 2.60. The van der Waals surface area contributed by atoms with E-state index in [1.807, 2.05) is 104 Å². The van der Waals surface area contributed by atoms with E-state index in [2.05, 4.69) is 180 Å². The molecule has 0 saturated heterocycles. The van der Waals surface area contributed by atoms with Gasteiger partial charge in [0.05, 0.1) is 21.8 Å². The van der Waals surface area contributed by atoms with Crippen molar-refractivity contribution in [1.82, 2.24) is 0 Å². The number of carbonyl (C=O) groups is 2. The molecule has 12 nitrogen and oxygen atoms in total. The van der Waals surface area contributed by atoms with Crippen molar-refractivity contribution in [3.8, 4) is 11.5 Å². The first-order valence-electron chi connectivity index (χ1n) is 39.2. The van der Waals surface area contributed by atoms with E-state index in [9.17, 15) is 53.1 Å². The fourth-order valence-corrected chi connectivity index (χ4v) is 23.4. The quantitative estimate of drug-likeness (QED) is 0.0287. The Morgan fingerprint density at radius 1 is 0.404 bits per heavy atom. The lowest BCUT2D eigenvalue weighted by Gasteiger charge is -2.46. The molecule has 10 aromatic rings. The maximum atomic E-state index is 13.9. The number of aryl methyl sites for hydroxylation is 4. The number of ether oxygens (including phenoxy) is 4. The SMILES string of the molecule is CCC1(OC(=O)COc2c(C)cc([S+](c3ccccc3)c3ccccc3)cc2C)CCCC1.Cc1cc([S+](c2ccccc2)c2ccccc2)cc(C)c1OCC(=O)OC1(C)CCCCC1.O=S(=O)([O-])C(F)(F)CC1CC2c3ccccc3C1c1ccccc12.O=S(=O)([O-])C(F)(F)CC1CC2c3ccccc3C1c1ccccc12. The number of halogens is 4. The van der Waals surface area contributed by atoms with Crippen molar-refractivity contribution >= 4 is 54.0 Å². The minimum absolute atomic E-state index is 0.0300. The summed E-state index contributed by atoms with van der Waals surface area (Å²) in [4.78, 5) is 32.7. The minimum atomic E-state index is -5.66. The molecular formula is C94H96F4O12S4. The Balaban J connectivity index is 0.000000134. The van der Waals surface area contributed by atoms with Crippen LogP contribution in [-0.2, 0) is 61.1 Å². The van der Waals surface area contributed by atoms with Crippen LogP contribution in [0.3, 0.4) is 0 Å². The second kappa shape index (κ2) is 35.2. The topological polar surface area (TPSA) is 185 Å². The van der Waals surface area contributed by atoms with Gasteiger partial charge in [0.2, 0.25) is 0 Å². The molecule has 114 heavy (non-hydrogen) atoms. The van der Waals surface area contributed by atoms with Crippen molar-refractivity contribution in [2.24, 2.45) is 11.8 Å². The van der Waals surface area contributed by atoms with Crippen LogP contribution < -0.4 is 9.47 Å². The molecule has 0 spiro atoms. The van der Waals surface area contributed by atoms with Crippen LogP contribution in [-0.4, -0.2) is 72.8 Å². The number of hydrogen-bond acceptors (Lipinski definition) is 12. The lowest BCUT2D eigenvalue weighted by Crippen LogP contribution is -2.38. The lowest BCUT2D eigenvalue weighted by atomic mass is 9.58. The Hall–Kier alpha value is -9.02. The fraction of sp³-hybridized carbons (Fsp3) is 0.340. The summed E-state index contributed by atoms with van der Waals surface area (Å²) in [5.41, 5.74) is 11.9. The first-order valence-corrected chi connectivity index (χ1v) is 44.4. The van der Waals surface area contributed by atoms with E-state index >= 15 is 0 Å². The Labute approximate surface area is 673 Å². The fourth-order valence-electron chi connectivity index (χ4n) is 18.1. The van der Waals surface area contributed by atoms with E-state index in [4.69, 9.17) is 18.9 Å². The van der Waals surface area contributed by atoms with Crippen LogP contribution in [0.4, 0.5) is 17.6 Å². The molecule has 10 aromatic carbocycles. The van der Waals surface area contributed by atoms with Gasteiger partial charge in [-0.05, 0) is 232 Å². The van der Waals surface area contributed by atoms with Crippen molar-refractivity contribution in [1.29, 1.82) is 0 Å². The van der Waals surface area contributed by atoms with Gasteiger partial charge in [-0.2, -0.15) is 17.6 Å². The summed E-state index contributed by atoms with van der Waals surface area (Å²) in [6, 6.07) is 82.0. The summed E-state index contributed by atoms with van der Waals surface area (Å²) in [5.74, 6) is -0.797. The standard InChI is InChI=1S/2C29H33O3S.2C18H16F2O3S/c1-22-19-26(33(24-13-7-4-8-14-24)25-15-9-5-10-16-25)20-23(2)28(22)31-21-27(30)32-29(3)17-11-6-12-18-29;1-4-29(17-11-12-18-29)32-27(30)21-31-28-22(2)19-26(20-23(28)3)33(24-13-7-5-8-14-24)25-15-9-6-10-16-25;2*19-18(20,24(21,22)23)10-11-9-16-12-5-1-3-7-14(12)17(11)15-8-4-2-6-13(15)16/h4-5,7-10,13-16,19-20H,6,11-12,17-18,21H2,1-3H3;5-10,13-16,19-20H,4,11-12,17-18,21H2,1-3H3;2*1-8,11,16-17H,9-10H2,(H,21,22,23)/q2*+1;;/p-2. The highest BCUT2D eigenvalue weighted by Gasteiger charge is 2.51. The van der Waals surface area contributed by atoms with Crippen LogP contribution in [0.25, 0.3) is 0 Å². The third-order valence-corrected chi connectivity index (χ3v) is 29.4. The van der Waals surface area contributed by atoms with Crippen LogP contribution in [0, 0.1) is 39.5 Å². The van der Waals surface area contributed by atoms with Gasteiger partial charge in [-0.3, -0.25) is 0 Å². The van der Waals surface area contributed by atoms with Gasteiger partial charge < -0.3 is 28.1 Å². The second-order valence-electron chi connectivity index (χ2n) is 31.1. The summed E-state index contributed by atoms with van der Waals surface area (Å²) >= 11 is 0. The number of carbonyl (C=O) groups excluding carboxylic acids is 2. The van der Waals surface area contributed by atoms with E-state index in [1.54, 1.807) is 0 Å². The molecule has 2 saturated carbocycles. The molecule has 2 fully saturated rings. The molecule has 0 aliphatic heterocycles. The lowest BCUT2D eigenvalue weighted by molar-refractivity contribution is -0.164. The molecule has 4 bridgehead atoms. The monoisotopic (exact) mass is 1620 g/mol. The zero-order valence-electron chi connectivity index (χ0n) is 64.9. The number of alkyl halides is 4. The van der Waals surface area contributed by atoms with Gasteiger partial charge in [0, 0.05) is 60.8 Å². The van der Waals surface area contributed by atoms with Crippen molar-refractivity contribution in [2.45, 2.75) is 206 Å². The Kier molecular flexibility index (Phi) is 25.6. The summed E-state index contributed by atoms with van der Waals surface area (Å²) < 4.78 is 145. The Morgan fingerprint density at radius 3 is 0.965 bits per heavy atom. The summed E-state index contributed by atoms with van der Waals surface area (Å²) in [6.07, 6.45) is 9.41. The zero-order valence-corrected chi connectivity index (χ0v) is 68.2. The molecule has 8 aliphatic carbocycles. The zero-order chi connectivity index (χ0) is 80.7. The van der Waals surface area contributed by atoms with E-state index in [-0.39, 0.29) is 81.8 Å². The smallest absolute Gasteiger partial charge is 0.344 e. The summed E-state index contributed by atoms with van der Waals surface area (Å²) in [5, 5.41) is -8.47. The average molecular weight is 1620 g/mol. The van der Waals surface area contributed by atoms with Crippen molar-refractivity contribution < 1.29 is 72.0 Å². The van der Waals surface area contributed by atoms with Gasteiger partial charge in [0.1, 0.15) is 22.7 Å². The Bertz CT molecular complexity index is 4900. The maximum absolute atomic E-state index is 13.9. The van der Waals surface area contributed by atoms with Crippen LogP contribution in [0.1, 0.15) is 194 Å². The first-order chi connectivity index (χ1) is 54.6. The molecule has 0 heterocycles. The van der Waals surface area contributed by atoms with Gasteiger partial charge in [-0.15, -0.1) is 0 Å². The number of hydrogen-bond donors (Lipinski definition) is 0. The molecule has 596 valence electrons. The van der Waals surface area contributed by atoms with Gasteiger partial charge in [-0.1, -0.05) is 183 Å². The average Bonchev–Trinajstić information content (AvgIpc) is 0.793. The number of benzene rings is 10. The van der Waals surface area contributed by atoms with E-state index < -0.39 is 55.4 Å². The van der Waals surface area contributed by atoms with Crippen molar-refractivity contribution in [3.63, 3.8) is 0 Å². The first kappa shape index (κ1) is 82.9. The Morgan fingerprint density at radius 2 is 0.675 bits per heavy atom. The molecule has 8 aliphatic rings. The summed E-state index contributed by atoms with van der Waals surface area (Å²) in [6.45, 7) is 12.3. The molecule has 18 rings (SSSR count). The van der Waals surface area contributed by atoms with Crippen molar-refractivity contribution in [2.75, 3.05) is 13.2 Å². The number of rotatable bonds is 21. The number of esters is 2. The number of fused-ring (bicyclic) bond motifs is 2. The molecule has 0 radical (unpaired) electrons. The van der Waals surface area contributed by atoms with Crippen molar-refractivity contribution in [3.05, 3.63) is 309 Å². The van der Waals surface area contributed by atoms with E-state index in [0.717, 1.165) is 136 Å². The van der Waals surface area contributed by atoms with Crippen LogP contribution in [0.15, 0.2) is 272 Å². The van der Waals surface area contributed by atoms with Gasteiger partial charge >= 0.3 is 22.4 Å². The predicted octanol–water partition coefficient (Wildman–Crippen LogP) is 21.7. The molecule has 0 amide bonds. The normalized spacial score (nSPS) is 19.4. The minimum Gasteiger partial charge on any atom is -0.743 e. The van der Waals surface area contributed by atoms with Gasteiger partial charge in [0.25, 0.3) is 0 Å². The highest BCUT2D eigenvalue weighted by atomic mass is 32.2. The molecule has 2 atom stereocenters. The molecule has 2 unspecified atom stereocenters. The van der Waals surface area contributed by atoms with Gasteiger partial charge in [0.15, 0.2) is 62.8 Å². The molecular weight excluding hydrogens is 1530 g/mol. The van der Waals surface area contributed by atoms with Crippen LogP contribution in [0.2, 0.25) is 0 Å².